The molecule has 2 aromatic heterocycles. The van der Waals surface area contributed by atoms with Gasteiger partial charge in [0, 0.05) is 26.2 Å². The van der Waals surface area contributed by atoms with Crippen molar-refractivity contribution in [2.45, 2.75) is 84.8 Å². The Morgan fingerprint density at radius 1 is 0.966 bits per heavy atom. The lowest BCUT2D eigenvalue weighted by Gasteiger charge is -2.21. The number of carbonyl (C=O) groups is 1. The smallest absolute Gasteiger partial charge is 0.333 e. The number of hydrogen-bond acceptors (Lipinski definition) is 4. The maximum atomic E-state index is 13.2. The largest absolute Gasteiger partial charge is 0.341 e. The Kier molecular flexibility index (Phi) is 7.28. The number of aryl methyl sites for hydroxylation is 2. The van der Waals surface area contributed by atoms with E-state index in [0.29, 0.717) is 37.3 Å². The minimum absolute atomic E-state index is 0.146. The van der Waals surface area contributed by atoms with Gasteiger partial charge in [-0.15, -0.1) is 0 Å². The molecule has 8 heteroatoms. The minimum atomic E-state index is -0.431. The summed E-state index contributed by atoms with van der Waals surface area (Å²) in [4.78, 5) is 45.4. The minimum Gasteiger partial charge on any atom is -0.341 e. The van der Waals surface area contributed by atoms with Gasteiger partial charge in [0.1, 0.15) is 6.54 Å². The monoisotopic (exact) mass is 403 g/mol. The van der Waals surface area contributed by atoms with Crippen molar-refractivity contribution in [3.8, 4) is 0 Å². The van der Waals surface area contributed by atoms with Crippen LogP contribution < -0.4 is 11.2 Å². The second kappa shape index (κ2) is 9.89. The summed E-state index contributed by atoms with van der Waals surface area (Å²) >= 11 is 0. The maximum Gasteiger partial charge on any atom is 0.333 e. The molecular weight excluding hydrogens is 370 g/mol. The molecule has 1 aliphatic heterocycles. The van der Waals surface area contributed by atoms with Crippen molar-refractivity contribution in [3.05, 3.63) is 27.2 Å². The second-order valence-electron chi connectivity index (χ2n) is 7.94. The molecule has 0 atom stereocenters. The Morgan fingerprint density at radius 2 is 1.62 bits per heavy atom. The lowest BCUT2D eigenvalue weighted by atomic mass is 10.2. The van der Waals surface area contributed by atoms with Gasteiger partial charge < -0.3 is 9.47 Å². The fourth-order valence-electron chi connectivity index (χ4n) is 3.95. The number of imidazole rings is 1. The van der Waals surface area contributed by atoms with Crippen LogP contribution in [-0.4, -0.2) is 42.6 Å². The van der Waals surface area contributed by atoms with Crippen molar-refractivity contribution in [2.24, 2.45) is 0 Å². The van der Waals surface area contributed by atoms with Gasteiger partial charge in [-0.05, 0) is 25.7 Å². The number of nitrogens with zero attached hydrogens (tertiary/aromatic N) is 5. The van der Waals surface area contributed by atoms with Crippen molar-refractivity contribution in [1.29, 1.82) is 0 Å². The van der Waals surface area contributed by atoms with Crippen LogP contribution in [0.4, 0.5) is 0 Å². The molecule has 160 valence electrons. The zero-order valence-corrected chi connectivity index (χ0v) is 17.7. The Hall–Kier alpha value is -2.38. The summed E-state index contributed by atoms with van der Waals surface area (Å²) in [5, 5.41) is 0. The number of fused-ring (bicyclic) bond motifs is 1. The number of unbranched alkanes of at least 4 members (excludes halogenated alkanes) is 2. The molecular formula is C21H33N5O3. The van der Waals surface area contributed by atoms with E-state index in [1.165, 1.54) is 0 Å². The molecule has 1 saturated heterocycles. The Labute approximate surface area is 171 Å². The number of likely N-dealkylation sites (tertiary alicyclic amines) is 1. The Bertz CT molecular complexity index is 948. The first-order valence-corrected chi connectivity index (χ1v) is 11.0. The highest BCUT2D eigenvalue weighted by molar-refractivity contribution is 5.77. The molecule has 0 radical (unpaired) electrons. The molecule has 0 aromatic carbocycles. The Morgan fingerprint density at radius 3 is 2.28 bits per heavy atom. The summed E-state index contributed by atoms with van der Waals surface area (Å²) < 4.78 is 4.52. The number of rotatable bonds is 8. The maximum absolute atomic E-state index is 13.2. The molecule has 0 unspecified atom stereocenters. The summed E-state index contributed by atoms with van der Waals surface area (Å²) in [6, 6.07) is 0. The van der Waals surface area contributed by atoms with E-state index < -0.39 is 11.2 Å². The van der Waals surface area contributed by atoms with Gasteiger partial charge in [-0.1, -0.05) is 39.5 Å². The second-order valence-corrected chi connectivity index (χ2v) is 7.94. The summed E-state index contributed by atoms with van der Waals surface area (Å²) in [5.41, 5.74) is 0.0234. The number of hydrogen-bond donors (Lipinski definition) is 0. The first-order valence-electron chi connectivity index (χ1n) is 11.0. The van der Waals surface area contributed by atoms with Gasteiger partial charge in [0.25, 0.3) is 5.56 Å². The van der Waals surface area contributed by atoms with E-state index in [-0.39, 0.29) is 12.5 Å². The van der Waals surface area contributed by atoms with Crippen LogP contribution in [0.1, 0.15) is 65.2 Å². The summed E-state index contributed by atoms with van der Waals surface area (Å²) in [6.45, 7) is 6.53. The van der Waals surface area contributed by atoms with Crippen LogP contribution in [-0.2, 0) is 24.4 Å². The van der Waals surface area contributed by atoms with Gasteiger partial charge in [-0.25, -0.2) is 14.3 Å². The fourth-order valence-corrected chi connectivity index (χ4v) is 3.95. The molecule has 0 bridgehead atoms. The number of amides is 1. The van der Waals surface area contributed by atoms with Gasteiger partial charge >= 0.3 is 5.69 Å². The predicted molar refractivity (Wildman–Crippen MR) is 113 cm³/mol. The van der Waals surface area contributed by atoms with Crippen LogP contribution >= 0.6 is 0 Å². The van der Waals surface area contributed by atoms with E-state index in [0.717, 1.165) is 55.9 Å². The predicted octanol–water partition coefficient (Wildman–Crippen LogP) is 2.36. The van der Waals surface area contributed by atoms with Crippen LogP contribution in [0.5, 0.6) is 0 Å². The standard InChI is InChI=1S/C21H33N5O3/c1-3-5-11-24-16-22-19-18(24)20(28)26(21(29)25(19)14-6-4-2)15-17(27)23-12-9-7-8-10-13-23/h16H,3-15H2,1-2H3. The molecule has 0 aliphatic carbocycles. The fraction of sp³-hybridized carbons (Fsp3) is 0.714. The molecule has 3 rings (SSSR count). The Balaban J connectivity index is 2.03. The number of carbonyl (C=O) groups excluding carboxylic acids is 1. The van der Waals surface area contributed by atoms with Gasteiger partial charge in [-0.3, -0.25) is 14.2 Å². The quantitative estimate of drug-likeness (QED) is 0.677. The molecule has 0 spiro atoms. The first kappa shape index (κ1) is 21.3. The molecule has 8 nitrogen and oxygen atoms in total. The normalized spacial score (nSPS) is 15.0. The molecule has 29 heavy (non-hydrogen) atoms. The van der Waals surface area contributed by atoms with Crippen LogP contribution in [0.25, 0.3) is 11.2 Å². The van der Waals surface area contributed by atoms with E-state index in [2.05, 4.69) is 18.8 Å². The molecule has 1 fully saturated rings. The summed E-state index contributed by atoms with van der Waals surface area (Å²) in [6.07, 6.45) is 9.50. The summed E-state index contributed by atoms with van der Waals surface area (Å²) in [7, 11) is 0. The molecule has 2 aromatic rings. The average Bonchev–Trinajstić information content (AvgIpc) is 2.94. The zero-order valence-electron chi connectivity index (χ0n) is 17.7. The van der Waals surface area contributed by atoms with Crippen molar-refractivity contribution in [1.82, 2.24) is 23.6 Å². The molecule has 0 saturated carbocycles. The van der Waals surface area contributed by atoms with Gasteiger partial charge in [0.2, 0.25) is 5.91 Å². The van der Waals surface area contributed by atoms with Crippen LogP contribution in [0.2, 0.25) is 0 Å². The van der Waals surface area contributed by atoms with Crippen molar-refractivity contribution in [3.63, 3.8) is 0 Å². The molecule has 0 N–H and O–H groups in total. The number of aromatic nitrogens is 4. The van der Waals surface area contributed by atoms with Gasteiger partial charge in [-0.2, -0.15) is 0 Å². The summed E-state index contributed by atoms with van der Waals surface area (Å²) in [5.74, 6) is -0.146. The molecule has 3 heterocycles. The van der Waals surface area contributed by atoms with Gasteiger partial charge in [0.15, 0.2) is 11.2 Å². The third kappa shape index (κ3) is 4.62. The van der Waals surface area contributed by atoms with Crippen LogP contribution in [0.3, 0.4) is 0 Å². The van der Waals surface area contributed by atoms with Crippen LogP contribution in [0, 0.1) is 0 Å². The van der Waals surface area contributed by atoms with E-state index in [1.54, 1.807) is 15.8 Å². The van der Waals surface area contributed by atoms with E-state index in [4.69, 9.17) is 0 Å². The topological polar surface area (TPSA) is 82.1 Å². The van der Waals surface area contributed by atoms with Crippen molar-refractivity contribution < 1.29 is 4.79 Å². The first-order chi connectivity index (χ1) is 14.1. The van der Waals surface area contributed by atoms with Gasteiger partial charge in [0.05, 0.1) is 6.33 Å². The average molecular weight is 404 g/mol. The van der Waals surface area contributed by atoms with E-state index >= 15 is 0 Å². The van der Waals surface area contributed by atoms with Crippen molar-refractivity contribution in [2.75, 3.05) is 13.1 Å². The third-order valence-corrected chi connectivity index (χ3v) is 5.72. The third-order valence-electron chi connectivity index (χ3n) is 5.72. The highest BCUT2D eigenvalue weighted by atomic mass is 16.2. The lowest BCUT2D eigenvalue weighted by molar-refractivity contribution is -0.131. The SMILES string of the molecule is CCCCn1cnc2c1c(=O)n(CC(=O)N1CCCCCC1)c(=O)n2CCCC. The molecule has 1 amide bonds. The highest BCUT2D eigenvalue weighted by Gasteiger charge is 2.22. The lowest BCUT2D eigenvalue weighted by Crippen LogP contribution is -2.45. The van der Waals surface area contributed by atoms with E-state index in [9.17, 15) is 14.4 Å². The zero-order chi connectivity index (χ0) is 20.8. The van der Waals surface area contributed by atoms with E-state index in [1.807, 2.05) is 4.57 Å². The molecule has 1 aliphatic rings. The van der Waals surface area contributed by atoms with Crippen LogP contribution in [0.15, 0.2) is 15.9 Å². The van der Waals surface area contributed by atoms with Crippen molar-refractivity contribution >= 4 is 17.1 Å². The highest BCUT2D eigenvalue weighted by Crippen LogP contribution is 2.12.